The van der Waals surface area contributed by atoms with Crippen molar-refractivity contribution in [1.29, 1.82) is 0 Å². The van der Waals surface area contributed by atoms with E-state index >= 15 is 0 Å². The minimum atomic E-state index is -0.999. The zero-order chi connectivity index (χ0) is 19.0. The Balaban J connectivity index is 1.95. The van der Waals surface area contributed by atoms with Gasteiger partial charge in [0, 0.05) is 0 Å². The van der Waals surface area contributed by atoms with Gasteiger partial charge >= 0.3 is 11.9 Å². The molecule has 0 aliphatic carbocycles. The Kier molecular flexibility index (Phi) is 12.2. The number of hydrogen-bond acceptors (Lipinski definition) is 3. The lowest BCUT2D eigenvalue weighted by Gasteiger charge is -2.05. The van der Waals surface area contributed by atoms with E-state index in [9.17, 15) is 9.59 Å². The van der Waals surface area contributed by atoms with Gasteiger partial charge in [0.05, 0.1) is 17.7 Å². The number of aromatic carboxylic acids is 1. The maximum atomic E-state index is 11.9. The van der Waals surface area contributed by atoms with Crippen molar-refractivity contribution in [1.82, 2.24) is 0 Å². The highest BCUT2D eigenvalue weighted by Crippen LogP contribution is 2.12. The van der Waals surface area contributed by atoms with Crippen molar-refractivity contribution in [3.63, 3.8) is 0 Å². The second-order valence-corrected chi connectivity index (χ2v) is 6.91. The van der Waals surface area contributed by atoms with Gasteiger partial charge in [-0.2, -0.15) is 0 Å². The molecule has 146 valence electrons. The van der Waals surface area contributed by atoms with Crippen LogP contribution in [0.25, 0.3) is 0 Å². The first-order valence-electron chi connectivity index (χ1n) is 10.2. The molecule has 0 aliphatic rings. The molecule has 0 saturated heterocycles. The van der Waals surface area contributed by atoms with Crippen molar-refractivity contribution in [2.45, 2.75) is 84.0 Å². The number of benzene rings is 1. The molecule has 0 heterocycles. The second-order valence-electron chi connectivity index (χ2n) is 6.91. The molecule has 1 aromatic carbocycles. The third kappa shape index (κ3) is 10.2. The van der Waals surface area contributed by atoms with Crippen LogP contribution in [0.4, 0.5) is 0 Å². The van der Waals surface area contributed by atoms with E-state index in [0.29, 0.717) is 12.2 Å². The van der Waals surface area contributed by atoms with Gasteiger partial charge in [-0.15, -0.1) is 0 Å². The Labute approximate surface area is 158 Å². The van der Waals surface area contributed by atoms with E-state index in [1.165, 1.54) is 88.5 Å². The number of carboxylic acids is 1. The van der Waals surface area contributed by atoms with Gasteiger partial charge in [-0.25, -0.2) is 9.59 Å². The molecule has 0 spiro atoms. The topological polar surface area (TPSA) is 63.6 Å². The van der Waals surface area contributed by atoms with Crippen molar-refractivity contribution in [3.05, 3.63) is 35.4 Å². The van der Waals surface area contributed by atoms with Gasteiger partial charge in [-0.3, -0.25) is 0 Å². The Bertz CT molecular complexity index is 507. The number of unbranched alkanes of at least 4 members (excludes halogenated alkanes) is 11. The summed E-state index contributed by atoms with van der Waals surface area (Å²) in [7, 11) is 0. The van der Waals surface area contributed by atoms with Gasteiger partial charge in [-0.05, 0) is 30.7 Å². The number of carboxylic acid groups (broad SMARTS) is 1. The lowest BCUT2D eigenvalue weighted by molar-refractivity contribution is 0.0496. The molecular weight excluding hydrogens is 328 g/mol. The molecule has 1 N–H and O–H groups in total. The number of carbonyl (C=O) groups is 2. The minimum absolute atomic E-state index is 0.169. The lowest BCUT2D eigenvalue weighted by atomic mass is 10.1. The summed E-state index contributed by atoms with van der Waals surface area (Å²) in [6, 6.07) is 5.83. The molecular formula is C22H34O4. The maximum Gasteiger partial charge on any atom is 0.338 e. The fourth-order valence-corrected chi connectivity index (χ4v) is 2.94. The Morgan fingerprint density at radius 2 is 1.15 bits per heavy atom. The zero-order valence-corrected chi connectivity index (χ0v) is 16.2. The highest BCUT2D eigenvalue weighted by atomic mass is 16.5. The van der Waals surface area contributed by atoms with E-state index in [1.807, 2.05) is 0 Å². The molecule has 4 heteroatoms. The first-order chi connectivity index (χ1) is 12.6. The molecule has 1 rings (SSSR count). The Morgan fingerprint density at radius 3 is 1.62 bits per heavy atom. The fraction of sp³-hybridized carbons (Fsp3) is 0.636. The van der Waals surface area contributed by atoms with Crippen LogP contribution >= 0.6 is 0 Å². The summed E-state index contributed by atoms with van der Waals surface area (Å²) >= 11 is 0. The van der Waals surface area contributed by atoms with Crippen LogP contribution < -0.4 is 0 Å². The molecule has 0 aromatic heterocycles. The molecule has 0 bridgehead atoms. The Hall–Kier alpha value is -1.84. The molecule has 1 aromatic rings. The van der Waals surface area contributed by atoms with Crippen molar-refractivity contribution < 1.29 is 19.4 Å². The van der Waals surface area contributed by atoms with E-state index in [2.05, 4.69) is 6.92 Å². The molecule has 0 aliphatic heterocycles. The summed E-state index contributed by atoms with van der Waals surface area (Å²) in [5.41, 5.74) is 0.566. The van der Waals surface area contributed by atoms with E-state index in [-0.39, 0.29) is 11.5 Å². The number of rotatable bonds is 15. The van der Waals surface area contributed by atoms with Gasteiger partial charge < -0.3 is 9.84 Å². The smallest absolute Gasteiger partial charge is 0.338 e. The predicted molar refractivity (Wildman–Crippen MR) is 105 cm³/mol. The molecule has 26 heavy (non-hydrogen) atoms. The monoisotopic (exact) mass is 362 g/mol. The molecule has 0 unspecified atom stereocenters. The van der Waals surface area contributed by atoms with Crippen LogP contribution in [-0.2, 0) is 4.74 Å². The molecule has 0 atom stereocenters. The van der Waals surface area contributed by atoms with Gasteiger partial charge in [0.25, 0.3) is 0 Å². The lowest BCUT2D eigenvalue weighted by Crippen LogP contribution is -2.07. The van der Waals surface area contributed by atoms with Gasteiger partial charge in [0.1, 0.15) is 0 Å². The van der Waals surface area contributed by atoms with Crippen molar-refractivity contribution in [3.8, 4) is 0 Å². The molecule has 0 fully saturated rings. The number of ether oxygens (including phenoxy) is 1. The summed E-state index contributed by atoms with van der Waals surface area (Å²) in [6.07, 6.45) is 15.3. The maximum absolute atomic E-state index is 11.9. The summed E-state index contributed by atoms with van der Waals surface area (Å²) in [6.45, 7) is 2.68. The normalized spacial score (nSPS) is 10.7. The highest BCUT2D eigenvalue weighted by molar-refractivity contribution is 5.92. The quantitative estimate of drug-likeness (QED) is 0.296. The SMILES string of the molecule is CCCCCCCCCCCCCCOC(=O)c1ccc(C(=O)O)cc1. The third-order valence-electron chi connectivity index (χ3n) is 4.60. The fourth-order valence-electron chi connectivity index (χ4n) is 2.94. The van der Waals surface area contributed by atoms with Gasteiger partial charge in [-0.1, -0.05) is 77.6 Å². The number of hydrogen-bond donors (Lipinski definition) is 1. The van der Waals surface area contributed by atoms with Crippen molar-refractivity contribution in [2.75, 3.05) is 6.61 Å². The average molecular weight is 363 g/mol. The predicted octanol–water partition coefficient (Wildman–Crippen LogP) is 6.24. The van der Waals surface area contributed by atoms with E-state index < -0.39 is 5.97 Å². The van der Waals surface area contributed by atoms with E-state index in [0.717, 1.165) is 12.8 Å². The van der Waals surface area contributed by atoms with E-state index in [4.69, 9.17) is 9.84 Å². The van der Waals surface area contributed by atoms with Crippen LogP contribution in [-0.4, -0.2) is 23.7 Å². The van der Waals surface area contributed by atoms with Crippen LogP contribution in [0.15, 0.2) is 24.3 Å². The molecule has 0 radical (unpaired) electrons. The van der Waals surface area contributed by atoms with Gasteiger partial charge in [0.15, 0.2) is 0 Å². The van der Waals surface area contributed by atoms with Crippen molar-refractivity contribution >= 4 is 11.9 Å². The third-order valence-corrected chi connectivity index (χ3v) is 4.60. The molecule has 4 nitrogen and oxygen atoms in total. The summed E-state index contributed by atoms with van der Waals surface area (Å²) in [5.74, 6) is -1.38. The summed E-state index contributed by atoms with van der Waals surface area (Å²) in [5, 5.41) is 8.83. The molecule has 0 saturated carbocycles. The Morgan fingerprint density at radius 1 is 0.731 bits per heavy atom. The van der Waals surface area contributed by atoms with Crippen LogP contribution in [0.2, 0.25) is 0 Å². The summed E-state index contributed by atoms with van der Waals surface area (Å²) in [4.78, 5) is 22.6. The first-order valence-corrected chi connectivity index (χ1v) is 10.2. The number of esters is 1. The minimum Gasteiger partial charge on any atom is -0.478 e. The average Bonchev–Trinajstić information content (AvgIpc) is 2.65. The number of carbonyl (C=O) groups excluding carboxylic acids is 1. The van der Waals surface area contributed by atoms with Crippen LogP contribution in [0.3, 0.4) is 0 Å². The molecule has 0 amide bonds. The van der Waals surface area contributed by atoms with Gasteiger partial charge in [0.2, 0.25) is 0 Å². The zero-order valence-electron chi connectivity index (χ0n) is 16.2. The van der Waals surface area contributed by atoms with E-state index in [1.54, 1.807) is 0 Å². The van der Waals surface area contributed by atoms with Crippen molar-refractivity contribution in [2.24, 2.45) is 0 Å². The standard InChI is InChI=1S/C22H34O4/c1-2-3-4-5-6-7-8-9-10-11-12-13-18-26-22(25)20-16-14-19(15-17-20)21(23)24/h14-17H,2-13,18H2,1H3,(H,23,24). The second kappa shape index (κ2) is 14.3. The first kappa shape index (κ1) is 22.2. The van der Waals surface area contributed by atoms with Crippen LogP contribution in [0, 0.1) is 0 Å². The van der Waals surface area contributed by atoms with Crippen LogP contribution in [0.1, 0.15) is 105 Å². The highest BCUT2D eigenvalue weighted by Gasteiger charge is 2.08. The summed E-state index contributed by atoms with van der Waals surface area (Å²) < 4.78 is 5.23. The largest absolute Gasteiger partial charge is 0.478 e. The van der Waals surface area contributed by atoms with Crippen LogP contribution in [0.5, 0.6) is 0 Å².